The standard InChI is InChI=1S/C13H17FN2OS/c1-17-7-6-16(9-2-3-9)10-4-5-11(13(15)18)12(14)8-10/h4-5,8-9H,2-3,6-7H2,1H3,(H2,15,18). The van der Waals surface area contributed by atoms with Crippen molar-refractivity contribution in [2.45, 2.75) is 18.9 Å². The molecule has 0 aromatic heterocycles. The molecule has 0 bridgehead atoms. The molecule has 1 saturated carbocycles. The van der Waals surface area contributed by atoms with Gasteiger partial charge in [0.1, 0.15) is 10.8 Å². The number of hydrogen-bond acceptors (Lipinski definition) is 3. The molecule has 2 rings (SSSR count). The van der Waals surface area contributed by atoms with Crippen LogP contribution in [0.4, 0.5) is 10.1 Å². The third kappa shape index (κ3) is 2.97. The van der Waals surface area contributed by atoms with E-state index in [-0.39, 0.29) is 10.8 Å². The topological polar surface area (TPSA) is 38.5 Å². The third-order valence-electron chi connectivity index (χ3n) is 3.07. The van der Waals surface area contributed by atoms with Crippen molar-refractivity contribution in [2.24, 2.45) is 5.73 Å². The Morgan fingerprint density at radius 3 is 2.78 bits per heavy atom. The van der Waals surface area contributed by atoms with Gasteiger partial charge in [-0.05, 0) is 31.0 Å². The maximum atomic E-state index is 13.8. The molecule has 5 heteroatoms. The van der Waals surface area contributed by atoms with E-state index in [1.54, 1.807) is 13.2 Å². The zero-order chi connectivity index (χ0) is 13.1. The molecule has 0 saturated heterocycles. The van der Waals surface area contributed by atoms with E-state index in [1.165, 1.54) is 6.07 Å². The van der Waals surface area contributed by atoms with Gasteiger partial charge < -0.3 is 15.4 Å². The summed E-state index contributed by atoms with van der Waals surface area (Å²) in [5, 5.41) is 0. The third-order valence-corrected chi connectivity index (χ3v) is 3.29. The second kappa shape index (κ2) is 5.63. The van der Waals surface area contributed by atoms with E-state index in [1.807, 2.05) is 6.07 Å². The van der Waals surface area contributed by atoms with Crippen LogP contribution >= 0.6 is 12.2 Å². The number of hydrogen-bond donors (Lipinski definition) is 1. The van der Waals surface area contributed by atoms with Crippen molar-refractivity contribution in [3.8, 4) is 0 Å². The molecule has 0 amide bonds. The van der Waals surface area contributed by atoms with Crippen molar-refractivity contribution < 1.29 is 9.13 Å². The lowest BCUT2D eigenvalue weighted by atomic mass is 10.1. The number of anilines is 1. The van der Waals surface area contributed by atoms with Gasteiger partial charge >= 0.3 is 0 Å². The lowest BCUT2D eigenvalue weighted by molar-refractivity contribution is 0.205. The van der Waals surface area contributed by atoms with Crippen molar-refractivity contribution in [3.63, 3.8) is 0 Å². The Kier molecular flexibility index (Phi) is 4.14. The van der Waals surface area contributed by atoms with Gasteiger partial charge in [0.15, 0.2) is 0 Å². The van der Waals surface area contributed by atoms with E-state index >= 15 is 0 Å². The molecule has 0 unspecified atom stereocenters. The predicted molar refractivity (Wildman–Crippen MR) is 74.5 cm³/mol. The molecule has 0 radical (unpaired) electrons. The van der Waals surface area contributed by atoms with Gasteiger partial charge in [-0.25, -0.2) is 4.39 Å². The normalized spacial score (nSPS) is 14.6. The van der Waals surface area contributed by atoms with Crippen LogP contribution in [0.5, 0.6) is 0 Å². The molecule has 0 heterocycles. The first-order valence-corrected chi connectivity index (χ1v) is 6.39. The Hall–Kier alpha value is -1.20. The van der Waals surface area contributed by atoms with Crippen LogP contribution in [0.15, 0.2) is 18.2 Å². The van der Waals surface area contributed by atoms with Gasteiger partial charge in [0.2, 0.25) is 0 Å². The van der Waals surface area contributed by atoms with Crippen LogP contribution in [-0.4, -0.2) is 31.3 Å². The van der Waals surface area contributed by atoms with Crippen molar-refractivity contribution in [3.05, 3.63) is 29.6 Å². The first kappa shape index (κ1) is 13.2. The van der Waals surface area contributed by atoms with Gasteiger partial charge in [-0.1, -0.05) is 12.2 Å². The molecular weight excluding hydrogens is 251 g/mol. The minimum Gasteiger partial charge on any atom is -0.389 e. The number of nitrogens with two attached hydrogens (primary N) is 1. The Bertz CT molecular complexity index is 449. The molecule has 1 fully saturated rings. The summed E-state index contributed by atoms with van der Waals surface area (Å²) in [4.78, 5) is 2.27. The van der Waals surface area contributed by atoms with Gasteiger partial charge in [0.25, 0.3) is 0 Å². The predicted octanol–water partition coefficient (Wildman–Crippen LogP) is 2.08. The summed E-state index contributed by atoms with van der Waals surface area (Å²) < 4.78 is 18.9. The molecule has 0 spiro atoms. The monoisotopic (exact) mass is 268 g/mol. The first-order valence-electron chi connectivity index (χ1n) is 5.98. The number of rotatable bonds is 6. The van der Waals surface area contributed by atoms with E-state index in [0.717, 1.165) is 25.1 Å². The fourth-order valence-corrected chi connectivity index (χ4v) is 2.15. The minimum absolute atomic E-state index is 0.0916. The number of ether oxygens (including phenoxy) is 1. The molecule has 1 aromatic carbocycles. The molecule has 2 N–H and O–H groups in total. The summed E-state index contributed by atoms with van der Waals surface area (Å²) in [6, 6.07) is 5.53. The van der Waals surface area contributed by atoms with Crippen LogP contribution in [0.3, 0.4) is 0 Å². The summed E-state index contributed by atoms with van der Waals surface area (Å²) in [6.45, 7) is 1.40. The zero-order valence-electron chi connectivity index (χ0n) is 10.4. The summed E-state index contributed by atoms with van der Waals surface area (Å²) in [6.07, 6.45) is 2.31. The van der Waals surface area contributed by atoms with E-state index in [0.29, 0.717) is 18.2 Å². The van der Waals surface area contributed by atoms with Gasteiger partial charge in [-0.2, -0.15) is 0 Å². The molecule has 0 atom stereocenters. The van der Waals surface area contributed by atoms with E-state index in [2.05, 4.69) is 4.90 Å². The SMILES string of the molecule is COCCN(c1ccc(C(N)=S)c(F)c1)C1CC1. The molecule has 18 heavy (non-hydrogen) atoms. The van der Waals surface area contributed by atoms with Crippen LogP contribution in [0.2, 0.25) is 0 Å². The fourth-order valence-electron chi connectivity index (χ4n) is 1.98. The quantitative estimate of drug-likeness (QED) is 0.802. The highest BCUT2D eigenvalue weighted by Crippen LogP contribution is 2.32. The number of benzene rings is 1. The highest BCUT2D eigenvalue weighted by molar-refractivity contribution is 7.80. The van der Waals surface area contributed by atoms with Crippen LogP contribution < -0.4 is 10.6 Å². The molecule has 1 aromatic rings. The van der Waals surface area contributed by atoms with Crippen molar-refractivity contribution in [1.29, 1.82) is 0 Å². The molecule has 98 valence electrons. The van der Waals surface area contributed by atoms with Crippen LogP contribution in [0.1, 0.15) is 18.4 Å². The fraction of sp³-hybridized carbons (Fsp3) is 0.462. The second-order valence-electron chi connectivity index (χ2n) is 4.45. The van der Waals surface area contributed by atoms with Gasteiger partial charge in [0.05, 0.1) is 6.61 Å². The number of methoxy groups -OCH3 is 1. The Morgan fingerprint density at radius 2 is 2.28 bits per heavy atom. The summed E-state index contributed by atoms with van der Waals surface area (Å²) in [7, 11) is 1.67. The van der Waals surface area contributed by atoms with E-state index < -0.39 is 0 Å². The zero-order valence-corrected chi connectivity index (χ0v) is 11.2. The van der Waals surface area contributed by atoms with E-state index in [9.17, 15) is 4.39 Å². The molecule has 1 aliphatic rings. The Labute approximate surface area is 112 Å². The maximum Gasteiger partial charge on any atom is 0.135 e. The number of halogens is 1. The van der Waals surface area contributed by atoms with E-state index in [4.69, 9.17) is 22.7 Å². The van der Waals surface area contributed by atoms with Crippen molar-refractivity contribution in [2.75, 3.05) is 25.2 Å². The second-order valence-corrected chi connectivity index (χ2v) is 4.89. The van der Waals surface area contributed by atoms with Gasteiger partial charge in [-0.15, -0.1) is 0 Å². The van der Waals surface area contributed by atoms with Crippen LogP contribution in [0.25, 0.3) is 0 Å². The van der Waals surface area contributed by atoms with Gasteiger partial charge in [-0.3, -0.25) is 0 Å². The molecule has 1 aliphatic carbocycles. The van der Waals surface area contributed by atoms with Gasteiger partial charge in [0, 0.05) is 30.9 Å². The minimum atomic E-state index is -0.358. The number of thiocarbonyl (C=S) groups is 1. The highest BCUT2D eigenvalue weighted by Gasteiger charge is 2.29. The molecular formula is C13H17FN2OS. The molecule has 3 nitrogen and oxygen atoms in total. The number of nitrogens with zero attached hydrogens (tertiary/aromatic N) is 1. The summed E-state index contributed by atoms with van der Waals surface area (Å²) >= 11 is 4.80. The molecule has 0 aliphatic heterocycles. The van der Waals surface area contributed by atoms with Crippen molar-refractivity contribution >= 4 is 22.9 Å². The van der Waals surface area contributed by atoms with Crippen LogP contribution in [0, 0.1) is 5.82 Å². The average molecular weight is 268 g/mol. The average Bonchev–Trinajstić information content (AvgIpc) is 3.13. The highest BCUT2D eigenvalue weighted by atomic mass is 32.1. The maximum absolute atomic E-state index is 13.8. The summed E-state index contributed by atoms with van der Waals surface area (Å²) in [5.74, 6) is -0.358. The lowest BCUT2D eigenvalue weighted by Gasteiger charge is -2.24. The van der Waals surface area contributed by atoms with Crippen LogP contribution in [-0.2, 0) is 4.74 Å². The Morgan fingerprint density at radius 1 is 1.56 bits per heavy atom. The largest absolute Gasteiger partial charge is 0.389 e. The summed E-state index contributed by atoms with van der Waals surface area (Å²) in [5.41, 5.74) is 6.62. The van der Waals surface area contributed by atoms with Crippen molar-refractivity contribution in [1.82, 2.24) is 0 Å². The first-order chi connectivity index (χ1) is 8.63. The Balaban J connectivity index is 2.19. The lowest BCUT2D eigenvalue weighted by Crippen LogP contribution is -2.29. The smallest absolute Gasteiger partial charge is 0.135 e.